The number of nitrogens with zero attached hydrogens (tertiary/aromatic N) is 1. The van der Waals surface area contributed by atoms with Crippen LogP contribution in [0.15, 0.2) is 18.2 Å². The van der Waals surface area contributed by atoms with Gasteiger partial charge >= 0.3 is 0 Å². The van der Waals surface area contributed by atoms with E-state index in [9.17, 15) is 9.90 Å². The third kappa shape index (κ3) is 3.11. The van der Waals surface area contributed by atoms with Gasteiger partial charge in [-0.1, -0.05) is 27.5 Å². The van der Waals surface area contributed by atoms with Crippen molar-refractivity contribution in [2.75, 3.05) is 18.9 Å². The Morgan fingerprint density at radius 2 is 2.27 bits per heavy atom. The van der Waals surface area contributed by atoms with Crippen LogP contribution in [-0.4, -0.2) is 34.8 Å². The van der Waals surface area contributed by atoms with Crippen molar-refractivity contribution in [1.82, 2.24) is 4.90 Å². The van der Waals surface area contributed by atoms with E-state index in [2.05, 4.69) is 15.9 Å². The molecule has 1 aromatic carbocycles. The predicted molar refractivity (Wildman–Crippen MR) is 63.9 cm³/mol. The van der Waals surface area contributed by atoms with E-state index in [4.69, 9.17) is 11.6 Å². The van der Waals surface area contributed by atoms with Gasteiger partial charge in [-0.2, -0.15) is 0 Å². The number of benzene rings is 1. The first-order valence-corrected chi connectivity index (χ1v) is 5.86. The van der Waals surface area contributed by atoms with Crippen molar-refractivity contribution in [3.05, 3.63) is 28.8 Å². The first kappa shape index (κ1) is 12.3. The zero-order valence-electron chi connectivity index (χ0n) is 8.20. The Balaban J connectivity index is 2.95. The zero-order chi connectivity index (χ0) is 11.4. The maximum atomic E-state index is 11.8. The van der Waals surface area contributed by atoms with Gasteiger partial charge in [0, 0.05) is 18.9 Å². The van der Waals surface area contributed by atoms with Gasteiger partial charge in [0.1, 0.15) is 5.75 Å². The molecule has 1 N–H and O–H groups in total. The maximum absolute atomic E-state index is 11.8. The molecule has 0 aromatic heterocycles. The van der Waals surface area contributed by atoms with Crippen molar-refractivity contribution in [3.63, 3.8) is 0 Å². The molecule has 82 valence electrons. The molecule has 0 atom stereocenters. The molecule has 0 aliphatic carbocycles. The maximum Gasteiger partial charge on any atom is 0.255 e. The standard InChI is InChI=1S/C10H11BrClNO2/c1-13(5-4-11)10(15)8-6-7(14)2-3-9(8)12/h2-3,6,14H,4-5H2,1H3. The monoisotopic (exact) mass is 291 g/mol. The minimum absolute atomic E-state index is 0.0370. The summed E-state index contributed by atoms with van der Waals surface area (Å²) in [5, 5.41) is 10.3. The van der Waals surface area contributed by atoms with Crippen molar-refractivity contribution in [1.29, 1.82) is 0 Å². The van der Waals surface area contributed by atoms with Gasteiger partial charge in [-0.3, -0.25) is 4.79 Å². The van der Waals surface area contributed by atoms with E-state index in [1.54, 1.807) is 7.05 Å². The molecule has 15 heavy (non-hydrogen) atoms. The number of rotatable bonds is 3. The van der Waals surface area contributed by atoms with Crippen LogP contribution in [0.1, 0.15) is 10.4 Å². The second-order valence-corrected chi connectivity index (χ2v) is 4.28. The summed E-state index contributed by atoms with van der Waals surface area (Å²) in [7, 11) is 1.68. The summed E-state index contributed by atoms with van der Waals surface area (Å²) in [6.07, 6.45) is 0. The molecule has 0 fully saturated rings. The number of hydrogen-bond acceptors (Lipinski definition) is 2. The second kappa shape index (κ2) is 5.37. The summed E-state index contributed by atoms with van der Waals surface area (Å²) >= 11 is 9.11. The Labute approximate surface area is 102 Å². The molecule has 3 nitrogen and oxygen atoms in total. The van der Waals surface area contributed by atoms with Gasteiger partial charge < -0.3 is 10.0 Å². The van der Waals surface area contributed by atoms with Crippen molar-refractivity contribution in [3.8, 4) is 5.75 Å². The molecule has 0 saturated heterocycles. The topological polar surface area (TPSA) is 40.5 Å². The van der Waals surface area contributed by atoms with Crippen molar-refractivity contribution in [2.45, 2.75) is 0 Å². The van der Waals surface area contributed by atoms with Crippen LogP contribution in [0.25, 0.3) is 0 Å². The minimum Gasteiger partial charge on any atom is -0.508 e. The van der Waals surface area contributed by atoms with Crippen LogP contribution in [0.3, 0.4) is 0 Å². The Kier molecular flexibility index (Phi) is 4.42. The largest absolute Gasteiger partial charge is 0.508 e. The van der Waals surface area contributed by atoms with Gasteiger partial charge in [0.2, 0.25) is 0 Å². The van der Waals surface area contributed by atoms with Crippen LogP contribution in [0, 0.1) is 0 Å². The van der Waals surface area contributed by atoms with E-state index in [0.717, 1.165) is 0 Å². The lowest BCUT2D eigenvalue weighted by molar-refractivity contribution is 0.0804. The highest BCUT2D eigenvalue weighted by molar-refractivity contribution is 9.09. The molecule has 0 saturated carbocycles. The van der Waals surface area contributed by atoms with E-state index in [1.165, 1.54) is 23.1 Å². The van der Waals surface area contributed by atoms with E-state index < -0.39 is 0 Å². The summed E-state index contributed by atoms with van der Waals surface area (Å²) in [5.41, 5.74) is 0.320. The predicted octanol–water partition coefficient (Wildman–Crippen LogP) is 2.51. The zero-order valence-corrected chi connectivity index (χ0v) is 10.5. The molecule has 1 amide bonds. The molecule has 0 spiro atoms. The molecule has 5 heteroatoms. The van der Waals surface area contributed by atoms with Gasteiger partial charge in [0.15, 0.2) is 0 Å². The summed E-state index contributed by atoms with van der Waals surface area (Å²) in [4.78, 5) is 13.4. The smallest absolute Gasteiger partial charge is 0.255 e. The molecule has 0 aliphatic rings. The number of phenolic OH excluding ortho intramolecular Hbond substituents is 1. The fraction of sp³-hybridized carbons (Fsp3) is 0.300. The number of aromatic hydroxyl groups is 1. The fourth-order valence-corrected chi connectivity index (χ4v) is 1.84. The average molecular weight is 293 g/mol. The van der Waals surface area contributed by atoms with E-state index in [-0.39, 0.29) is 11.7 Å². The third-order valence-corrected chi connectivity index (χ3v) is 2.63. The van der Waals surface area contributed by atoms with Gasteiger partial charge in [-0.05, 0) is 18.2 Å². The highest BCUT2D eigenvalue weighted by Crippen LogP contribution is 2.22. The Morgan fingerprint density at radius 3 is 2.87 bits per heavy atom. The Hall–Kier alpha value is -0.740. The number of carbonyl (C=O) groups excluding carboxylic acids is 1. The molecular formula is C10H11BrClNO2. The van der Waals surface area contributed by atoms with Gasteiger partial charge in [-0.15, -0.1) is 0 Å². The van der Waals surface area contributed by atoms with E-state index >= 15 is 0 Å². The van der Waals surface area contributed by atoms with Crippen LogP contribution in [0.5, 0.6) is 5.75 Å². The van der Waals surface area contributed by atoms with Crippen molar-refractivity contribution >= 4 is 33.4 Å². The molecular weight excluding hydrogens is 281 g/mol. The summed E-state index contributed by atoms with van der Waals surface area (Å²) in [5.74, 6) is -0.162. The highest BCUT2D eigenvalue weighted by Gasteiger charge is 2.14. The molecule has 0 radical (unpaired) electrons. The SMILES string of the molecule is CN(CCBr)C(=O)c1cc(O)ccc1Cl. The van der Waals surface area contributed by atoms with Gasteiger partial charge in [0.25, 0.3) is 5.91 Å². The van der Waals surface area contributed by atoms with Gasteiger partial charge in [0.05, 0.1) is 10.6 Å². The van der Waals surface area contributed by atoms with E-state index in [1.807, 2.05) is 0 Å². The third-order valence-electron chi connectivity index (χ3n) is 1.95. The first-order valence-electron chi connectivity index (χ1n) is 4.36. The average Bonchev–Trinajstić information content (AvgIpc) is 2.21. The number of phenols is 1. The molecule has 0 bridgehead atoms. The first-order chi connectivity index (χ1) is 7.06. The summed E-state index contributed by atoms with van der Waals surface area (Å²) in [6.45, 7) is 0.588. The van der Waals surface area contributed by atoms with Crippen LogP contribution in [0.2, 0.25) is 5.02 Å². The second-order valence-electron chi connectivity index (χ2n) is 3.08. The normalized spacial score (nSPS) is 10.1. The van der Waals surface area contributed by atoms with Gasteiger partial charge in [-0.25, -0.2) is 0 Å². The quantitative estimate of drug-likeness (QED) is 0.870. The number of amides is 1. The van der Waals surface area contributed by atoms with Crippen LogP contribution < -0.4 is 0 Å². The molecule has 0 aliphatic heterocycles. The number of hydrogen-bond donors (Lipinski definition) is 1. The number of halogens is 2. The number of carbonyl (C=O) groups is 1. The molecule has 1 rings (SSSR count). The summed E-state index contributed by atoms with van der Waals surface area (Å²) < 4.78 is 0. The molecule has 0 heterocycles. The van der Waals surface area contributed by atoms with Crippen LogP contribution >= 0.6 is 27.5 Å². The lowest BCUT2D eigenvalue weighted by atomic mass is 10.2. The van der Waals surface area contributed by atoms with Crippen LogP contribution in [-0.2, 0) is 0 Å². The summed E-state index contributed by atoms with van der Waals surface area (Å²) in [6, 6.07) is 4.32. The van der Waals surface area contributed by atoms with Crippen LogP contribution in [0.4, 0.5) is 0 Å². The van der Waals surface area contributed by atoms with Crippen molar-refractivity contribution < 1.29 is 9.90 Å². The molecule has 1 aromatic rings. The lowest BCUT2D eigenvalue weighted by Gasteiger charge is -2.16. The lowest BCUT2D eigenvalue weighted by Crippen LogP contribution is -2.28. The Bertz CT molecular complexity index is 370. The highest BCUT2D eigenvalue weighted by atomic mass is 79.9. The Morgan fingerprint density at radius 1 is 1.60 bits per heavy atom. The minimum atomic E-state index is -0.199. The molecule has 0 unspecified atom stereocenters. The van der Waals surface area contributed by atoms with E-state index in [0.29, 0.717) is 22.5 Å². The fourth-order valence-electron chi connectivity index (χ4n) is 1.11. The number of alkyl halides is 1. The van der Waals surface area contributed by atoms with Crippen molar-refractivity contribution in [2.24, 2.45) is 0 Å².